The van der Waals surface area contributed by atoms with Gasteiger partial charge >= 0.3 is 6.09 Å². The highest BCUT2D eigenvalue weighted by molar-refractivity contribution is 5.67. The first kappa shape index (κ1) is 18.7. The zero-order valence-corrected chi connectivity index (χ0v) is 15.3. The normalized spacial score (nSPS) is 17.0. The number of carbonyl (C=O) groups excluding carboxylic acids is 1. The zero-order chi connectivity index (χ0) is 19.3. The zero-order valence-electron chi connectivity index (χ0n) is 15.3. The molecule has 1 saturated heterocycles. The first-order valence-electron chi connectivity index (χ1n) is 8.78. The second kappa shape index (κ2) is 8.06. The lowest BCUT2D eigenvalue weighted by atomic mass is 9.97. The minimum atomic E-state index is -0.914. The summed E-state index contributed by atoms with van der Waals surface area (Å²) in [4.78, 5) is 19.6. The van der Waals surface area contributed by atoms with Gasteiger partial charge in [0.25, 0.3) is 0 Å². The van der Waals surface area contributed by atoms with Gasteiger partial charge in [0.05, 0.1) is 6.07 Å². The fraction of sp³-hybridized carbons (Fsp3) is 0.350. The number of hydrogen-bond acceptors (Lipinski definition) is 6. The minimum Gasteiger partial charge on any atom is -0.458 e. The fourth-order valence-corrected chi connectivity index (χ4v) is 3.11. The summed E-state index contributed by atoms with van der Waals surface area (Å²) in [5.74, 6) is 1.28. The van der Waals surface area contributed by atoms with E-state index in [1.165, 1.54) is 6.08 Å². The highest BCUT2D eigenvalue weighted by Crippen LogP contribution is 2.33. The van der Waals surface area contributed by atoms with Crippen LogP contribution >= 0.6 is 0 Å². The molecule has 3 heterocycles. The first-order chi connectivity index (χ1) is 13.1. The van der Waals surface area contributed by atoms with E-state index in [0.29, 0.717) is 37.7 Å². The Kier molecular flexibility index (Phi) is 5.57. The fourth-order valence-electron chi connectivity index (χ4n) is 3.11. The van der Waals surface area contributed by atoms with Crippen LogP contribution in [0.3, 0.4) is 0 Å². The molecule has 7 nitrogen and oxygen atoms in total. The second-order valence-electron chi connectivity index (χ2n) is 6.42. The van der Waals surface area contributed by atoms with Gasteiger partial charge in [-0.2, -0.15) is 5.26 Å². The number of aromatic nitrogens is 1. The highest BCUT2D eigenvalue weighted by atomic mass is 16.6. The number of amides is 1. The predicted octanol–water partition coefficient (Wildman–Crippen LogP) is 3.02. The lowest BCUT2D eigenvalue weighted by molar-refractivity contribution is 0.0476. The Morgan fingerprint density at radius 2 is 2.04 bits per heavy atom. The van der Waals surface area contributed by atoms with Gasteiger partial charge in [0, 0.05) is 44.1 Å². The molecule has 3 rings (SSSR count). The summed E-state index contributed by atoms with van der Waals surface area (Å²) < 4.78 is 11.1. The maximum Gasteiger partial charge on any atom is 0.410 e. The largest absolute Gasteiger partial charge is 0.458 e. The average molecular weight is 366 g/mol. The monoisotopic (exact) mass is 366 g/mol. The Balaban J connectivity index is 1.71. The van der Waals surface area contributed by atoms with E-state index in [9.17, 15) is 10.1 Å². The summed E-state index contributed by atoms with van der Waals surface area (Å²) in [5, 5.41) is 9.88. The standard InChI is InChI=1S/C20H22N4O3/c1-3-14-26-19(25)23-10-12-24(13-11-23)20(2,15-21)18-5-4-17(27-18)16-6-8-22-9-7-16/h3-9H,1,10-14H2,2H3. The number of ether oxygens (including phenoxy) is 1. The molecule has 1 aliphatic heterocycles. The molecule has 1 fully saturated rings. The minimum absolute atomic E-state index is 0.194. The van der Waals surface area contributed by atoms with Crippen molar-refractivity contribution in [2.45, 2.75) is 12.5 Å². The predicted molar refractivity (Wildman–Crippen MR) is 99.6 cm³/mol. The number of piperazine rings is 1. The number of rotatable bonds is 5. The second-order valence-corrected chi connectivity index (χ2v) is 6.42. The van der Waals surface area contributed by atoms with Crippen LogP contribution in [0.2, 0.25) is 0 Å². The first-order valence-corrected chi connectivity index (χ1v) is 8.78. The van der Waals surface area contributed by atoms with Crippen LogP contribution in [0, 0.1) is 11.3 Å². The number of hydrogen-bond donors (Lipinski definition) is 0. The Morgan fingerprint density at radius 3 is 2.67 bits per heavy atom. The maximum absolute atomic E-state index is 12.0. The Hall–Kier alpha value is -3.11. The average Bonchev–Trinajstić information content (AvgIpc) is 3.23. The van der Waals surface area contributed by atoms with Crippen molar-refractivity contribution in [1.29, 1.82) is 5.26 Å². The van der Waals surface area contributed by atoms with Gasteiger partial charge in [-0.15, -0.1) is 0 Å². The molecule has 1 amide bonds. The number of carbonyl (C=O) groups is 1. The van der Waals surface area contributed by atoms with E-state index in [4.69, 9.17) is 9.15 Å². The van der Waals surface area contributed by atoms with Crippen LogP contribution < -0.4 is 0 Å². The van der Waals surface area contributed by atoms with Crippen LogP contribution in [-0.2, 0) is 10.3 Å². The number of nitrogens with zero attached hydrogens (tertiary/aromatic N) is 4. The van der Waals surface area contributed by atoms with E-state index in [2.05, 4.69) is 17.6 Å². The molecule has 1 aliphatic rings. The Bertz CT molecular complexity index is 834. The maximum atomic E-state index is 12.0. The third kappa shape index (κ3) is 3.86. The molecule has 140 valence electrons. The SMILES string of the molecule is C=CCOC(=O)N1CCN(C(C)(C#N)c2ccc(-c3ccncc3)o2)CC1. The molecular weight excluding hydrogens is 344 g/mol. The molecule has 0 saturated carbocycles. The molecule has 2 aromatic heterocycles. The van der Waals surface area contributed by atoms with Gasteiger partial charge in [-0.05, 0) is 31.2 Å². The van der Waals surface area contributed by atoms with Crippen molar-refractivity contribution < 1.29 is 13.9 Å². The molecule has 1 unspecified atom stereocenters. The quantitative estimate of drug-likeness (QED) is 0.757. The summed E-state index contributed by atoms with van der Waals surface area (Å²) in [6.45, 7) is 7.66. The molecule has 0 radical (unpaired) electrons. The molecule has 27 heavy (non-hydrogen) atoms. The van der Waals surface area contributed by atoms with Gasteiger partial charge in [-0.3, -0.25) is 9.88 Å². The third-order valence-electron chi connectivity index (χ3n) is 4.76. The topological polar surface area (TPSA) is 82.6 Å². The van der Waals surface area contributed by atoms with Crippen LogP contribution in [0.15, 0.2) is 53.7 Å². The van der Waals surface area contributed by atoms with Gasteiger partial charge < -0.3 is 14.1 Å². The molecule has 1 atom stereocenters. The van der Waals surface area contributed by atoms with Gasteiger partial charge in [0.15, 0.2) is 5.54 Å². The molecule has 0 spiro atoms. The van der Waals surface area contributed by atoms with Crippen molar-refractivity contribution in [3.8, 4) is 17.4 Å². The molecular formula is C20H22N4O3. The molecule has 0 N–H and O–H groups in total. The van der Waals surface area contributed by atoms with E-state index < -0.39 is 5.54 Å². The summed E-state index contributed by atoms with van der Waals surface area (Å²) in [6, 6.07) is 9.80. The smallest absolute Gasteiger partial charge is 0.410 e. The van der Waals surface area contributed by atoms with E-state index >= 15 is 0 Å². The van der Waals surface area contributed by atoms with E-state index in [1.54, 1.807) is 17.3 Å². The van der Waals surface area contributed by atoms with Crippen molar-refractivity contribution in [1.82, 2.24) is 14.8 Å². The Morgan fingerprint density at radius 1 is 1.33 bits per heavy atom. The van der Waals surface area contributed by atoms with Gasteiger partial charge in [0.1, 0.15) is 18.1 Å². The number of furan rings is 1. The van der Waals surface area contributed by atoms with E-state index in [1.807, 2.05) is 36.1 Å². The van der Waals surface area contributed by atoms with Crippen molar-refractivity contribution in [2.75, 3.05) is 32.8 Å². The van der Waals surface area contributed by atoms with Crippen LogP contribution in [0.4, 0.5) is 4.79 Å². The van der Waals surface area contributed by atoms with E-state index in [-0.39, 0.29) is 12.7 Å². The number of pyridine rings is 1. The van der Waals surface area contributed by atoms with Crippen molar-refractivity contribution in [2.24, 2.45) is 0 Å². The molecule has 7 heteroatoms. The van der Waals surface area contributed by atoms with E-state index in [0.717, 1.165) is 5.56 Å². The van der Waals surface area contributed by atoms with Gasteiger partial charge in [-0.1, -0.05) is 12.7 Å². The number of nitriles is 1. The van der Waals surface area contributed by atoms with Crippen molar-refractivity contribution in [3.05, 3.63) is 55.1 Å². The summed E-state index contributed by atoms with van der Waals surface area (Å²) in [5.41, 5.74) is -0.00566. The molecule has 0 bridgehead atoms. The van der Waals surface area contributed by atoms with Crippen LogP contribution in [0.1, 0.15) is 12.7 Å². The highest BCUT2D eigenvalue weighted by Gasteiger charge is 2.39. The summed E-state index contributed by atoms with van der Waals surface area (Å²) in [6.07, 6.45) is 4.58. The summed E-state index contributed by atoms with van der Waals surface area (Å²) in [7, 11) is 0. The lowest BCUT2D eigenvalue weighted by Crippen LogP contribution is -2.55. The molecule has 2 aromatic rings. The molecule has 0 aliphatic carbocycles. The lowest BCUT2D eigenvalue weighted by Gasteiger charge is -2.40. The van der Waals surface area contributed by atoms with Crippen molar-refractivity contribution in [3.63, 3.8) is 0 Å². The van der Waals surface area contributed by atoms with Gasteiger partial charge in [0.2, 0.25) is 0 Å². The van der Waals surface area contributed by atoms with Gasteiger partial charge in [-0.25, -0.2) is 4.79 Å². The summed E-state index contributed by atoms with van der Waals surface area (Å²) >= 11 is 0. The third-order valence-corrected chi connectivity index (χ3v) is 4.76. The molecule has 0 aromatic carbocycles. The van der Waals surface area contributed by atoms with Crippen LogP contribution in [-0.4, -0.2) is 53.7 Å². The van der Waals surface area contributed by atoms with Crippen molar-refractivity contribution >= 4 is 6.09 Å². The van der Waals surface area contributed by atoms with Crippen LogP contribution in [0.25, 0.3) is 11.3 Å². The van der Waals surface area contributed by atoms with Crippen LogP contribution in [0.5, 0.6) is 0 Å². The Labute approximate surface area is 158 Å².